The van der Waals surface area contributed by atoms with Gasteiger partial charge in [0.1, 0.15) is 19.2 Å². The summed E-state index contributed by atoms with van der Waals surface area (Å²) >= 11 is 8.34. The molecule has 0 saturated carbocycles. The molecular formula is C36H42ClN11O5S4. The van der Waals surface area contributed by atoms with E-state index in [1.807, 2.05) is 59.0 Å². The van der Waals surface area contributed by atoms with Crippen LogP contribution in [0.3, 0.4) is 0 Å². The highest BCUT2D eigenvalue weighted by atomic mass is 35.5. The molecule has 2 aliphatic heterocycles. The van der Waals surface area contributed by atoms with E-state index in [0.717, 1.165) is 65.0 Å². The van der Waals surface area contributed by atoms with Crippen molar-refractivity contribution in [3.63, 3.8) is 0 Å². The van der Waals surface area contributed by atoms with Crippen LogP contribution in [-0.2, 0) is 31.4 Å². The quantitative estimate of drug-likeness (QED) is 0.166. The highest BCUT2D eigenvalue weighted by Crippen LogP contribution is 2.27. The van der Waals surface area contributed by atoms with E-state index in [-0.39, 0.29) is 40.0 Å². The number of fused-ring (bicyclic) bond motifs is 1. The predicted molar refractivity (Wildman–Crippen MR) is 226 cm³/mol. The molecule has 0 radical (unpaired) electrons. The second-order valence-electron chi connectivity index (χ2n) is 13.5. The van der Waals surface area contributed by atoms with Crippen molar-refractivity contribution < 1.29 is 23.1 Å². The summed E-state index contributed by atoms with van der Waals surface area (Å²) in [6.45, 7) is 9.02. The average Bonchev–Trinajstić information content (AvgIpc) is 3.99. The van der Waals surface area contributed by atoms with Crippen LogP contribution < -0.4 is 24.6 Å². The Morgan fingerprint density at radius 2 is 1.39 bits per heavy atom. The second kappa shape index (κ2) is 17.3. The van der Waals surface area contributed by atoms with Crippen LogP contribution in [0.5, 0.6) is 0 Å². The number of para-hydroxylation sites is 1. The number of piperazine rings is 2. The number of amides is 1. The SMILES string of the molecule is C[C@@H]1CN(c2ccc(S(=O)(=O)Nc3ncns3)cc2)CCN1.C[C@@H]1CN(c2ccc(S(=O)(=O)Nc3ncns3)cc2)CCN1C(=O)Cn1ccc2cccc(Cl)c21.[HH]. The molecule has 6 aromatic rings. The molecule has 5 heterocycles. The van der Waals surface area contributed by atoms with E-state index in [9.17, 15) is 21.6 Å². The zero-order valence-electron chi connectivity index (χ0n) is 30.9. The topological polar surface area (TPSA) is 188 Å². The van der Waals surface area contributed by atoms with Gasteiger partial charge in [0, 0.05) is 98.8 Å². The van der Waals surface area contributed by atoms with Gasteiger partial charge in [0.05, 0.1) is 20.3 Å². The minimum Gasteiger partial charge on any atom is -0.369 e. The molecule has 8 rings (SSSR count). The largest absolute Gasteiger partial charge is 0.369 e. The third kappa shape index (κ3) is 9.65. The van der Waals surface area contributed by atoms with Crippen LogP contribution in [-0.4, -0.2) is 102 Å². The van der Waals surface area contributed by atoms with Gasteiger partial charge in [-0.3, -0.25) is 14.2 Å². The van der Waals surface area contributed by atoms with E-state index in [0.29, 0.717) is 30.7 Å². The van der Waals surface area contributed by atoms with Crippen molar-refractivity contribution in [2.75, 3.05) is 58.5 Å². The number of hydrogen-bond donors (Lipinski definition) is 3. The van der Waals surface area contributed by atoms with E-state index in [1.165, 1.54) is 12.7 Å². The Morgan fingerprint density at radius 3 is 1.91 bits per heavy atom. The number of carbonyl (C=O) groups excluding carboxylic acids is 1. The first-order chi connectivity index (χ1) is 27.4. The smallest absolute Gasteiger partial charge is 0.263 e. The molecule has 16 nitrogen and oxygen atoms in total. The fourth-order valence-electron chi connectivity index (χ4n) is 6.77. The van der Waals surface area contributed by atoms with Crippen molar-refractivity contribution in [3.05, 3.63) is 96.7 Å². The predicted octanol–water partition coefficient (Wildman–Crippen LogP) is 5.07. The van der Waals surface area contributed by atoms with Crippen LogP contribution in [0.2, 0.25) is 5.02 Å². The monoisotopic (exact) mass is 871 g/mol. The fourth-order valence-corrected chi connectivity index (χ4v) is 10.4. The minimum atomic E-state index is -3.73. The number of anilines is 4. The highest BCUT2D eigenvalue weighted by Gasteiger charge is 2.28. The number of halogens is 1. The van der Waals surface area contributed by atoms with Crippen molar-refractivity contribution in [2.24, 2.45) is 0 Å². The third-order valence-electron chi connectivity index (χ3n) is 9.55. The molecule has 2 saturated heterocycles. The number of nitrogens with one attached hydrogen (secondary N) is 3. The van der Waals surface area contributed by atoms with Crippen LogP contribution >= 0.6 is 34.7 Å². The molecule has 0 aliphatic carbocycles. The van der Waals surface area contributed by atoms with Crippen molar-refractivity contribution >= 4 is 93.2 Å². The molecule has 3 N–H and O–H groups in total. The van der Waals surface area contributed by atoms with Crippen LogP contribution in [0.1, 0.15) is 15.3 Å². The number of hydrogen-bond acceptors (Lipinski definition) is 14. The first kappa shape index (κ1) is 40.3. The van der Waals surface area contributed by atoms with Crippen LogP contribution in [0.4, 0.5) is 21.6 Å². The zero-order chi connectivity index (χ0) is 40.2. The molecule has 302 valence electrons. The van der Waals surface area contributed by atoms with E-state index in [1.54, 1.807) is 36.4 Å². The Bertz CT molecular complexity index is 2510. The summed E-state index contributed by atoms with van der Waals surface area (Å²) in [7, 11) is -7.34. The first-order valence-corrected chi connectivity index (χ1v) is 22.8. The number of sulfonamides is 2. The van der Waals surface area contributed by atoms with Crippen molar-refractivity contribution in [2.45, 2.75) is 42.3 Å². The van der Waals surface area contributed by atoms with Gasteiger partial charge in [0.15, 0.2) is 0 Å². The van der Waals surface area contributed by atoms with Crippen LogP contribution in [0.25, 0.3) is 10.9 Å². The fraction of sp³-hybridized carbons (Fsp3) is 0.306. The molecular weight excluding hydrogens is 830 g/mol. The van der Waals surface area contributed by atoms with Gasteiger partial charge in [0.2, 0.25) is 16.2 Å². The minimum absolute atomic E-state index is 0. The lowest BCUT2D eigenvalue weighted by Gasteiger charge is -2.41. The van der Waals surface area contributed by atoms with Crippen molar-refractivity contribution in [1.29, 1.82) is 0 Å². The summed E-state index contributed by atoms with van der Waals surface area (Å²) < 4.78 is 63.9. The summed E-state index contributed by atoms with van der Waals surface area (Å²) in [4.78, 5) is 27.5. The Labute approximate surface area is 345 Å². The Kier molecular flexibility index (Phi) is 12.3. The van der Waals surface area contributed by atoms with Gasteiger partial charge < -0.3 is 24.6 Å². The lowest BCUT2D eigenvalue weighted by Crippen LogP contribution is -2.54. The Morgan fingerprint density at radius 1 is 0.807 bits per heavy atom. The Hall–Kier alpha value is -4.86. The van der Waals surface area contributed by atoms with Gasteiger partial charge in [0.25, 0.3) is 20.0 Å². The number of nitrogens with zero attached hydrogens (tertiary/aromatic N) is 8. The van der Waals surface area contributed by atoms with Gasteiger partial charge in [-0.2, -0.15) is 8.75 Å². The van der Waals surface area contributed by atoms with E-state index in [4.69, 9.17) is 11.6 Å². The van der Waals surface area contributed by atoms with Crippen molar-refractivity contribution in [3.8, 4) is 0 Å². The maximum Gasteiger partial charge on any atom is 0.263 e. The van der Waals surface area contributed by atoms with Crippen LogP contribution in [0, 0.1) is 0 Å². The molecule has 0 spiro atoms. The summed E-state index contributed by atoms with van der Waals surface area (Å²) in [5.41, 5.74) is 2.80. The lowest BCUT2D eigenvalue weighted by molar-refractivity contribution is -0.134. The normalized spacial score (nSPS) is 17.6. The third-order valence-corrected chi connectivity index (χ3v) is 14.0. The van der Waals surface area contributed by atoms with Gasteiger partial charge in [-0.15, -0.1) is 0 Å². The van der Waals surface area contributed by atoms with E-state index in [2.05, 4.69) is 50.2 Å². The molecule has 57 heavy (non-hydrogen) atoms. The molecule has 3 aromatic carbocycles. The zero-order valence-corrected chi connectivity index (χ0v) is 34.9. The number of aromatic nitrogens is 5. The molecule has 21 heteroatoms. The summed E-state index contributed by atoms with van der Waals surface area (Å²) in [6, 6.07) is 21.7. The first-order valence-electron chi connectivity index (χ1n) is 17.9. The molecule has 0 unspecified atom stereocenters. The molecule has 0 bridgehead atoms. The van der Waals surface area contributed by atoms with E-state index < -0.39 is 20.0 Å². The van der Waals surface area contributed by atoms with Gasteiger partial charge in [-0.05, 0) is 74.5 Å². The van der Waals surface area contributed by atoms with Gasteiger partial charge >= 0.3 is 0 Å². The number of carbonyl (C=O) groups is 1. The standard InChI is InChI=1S/C23H23ClN6O3S2.C13H17N5O2S2.H2/c1-16-13-28(18-5-7-19(8-6-18)35(32,33)27-23-25-15-26-34-23)11-12-30(16)21(31)14-29-10-9-17-3-2-4-20(24)22(17)29;1-10-8-18(7-6-14-10)11-2-4-12(5-3-11)22(19,20)17-13-15-9-16-21-13;/h2-10,15-16H,11-14H2,1H3,(H,25,26,27);2-5,9-10,14H,6-8H2,1H3,(H,15,16,17);1H/t16-;10-;/m11./s1. The van der Waals surface area contributed by atoms with Crippen LogP contribution in [0.15, 0.2) is 101 Å². The van der Waals surface area contributed by atoms with E-state index >= 15 is 0 Å². The maximum absolute atomic E-state index is 13.1. The second-order valence-corrected chi connectivity index (χ2v) is 18.8. The summed E-state index contributed by atoms with van der Waals surface area (Å²) in [5.74, 6) is 0.0405. The number of benzene rings is 3. The highest BCUT2D eigenvalue weighted by molar-refractivity contribution is 7.93. The molecule has 2 atom stereocenters. The summed E-state index contributed by atoms with van der Waals surface area (Å²) in [5, 5.41) is 5.50. The van der Waals surface area contributed by atoms with Gasteiger partial charge in [-0.25, -0.2) is 26.8 Å². The molecule has 2 fully saturated rings. The maximum atomic E-state index is 13.1. The average molecular weight is 873 g/mol. The Balaban J connectivity index is 0.000000213. The molecule has 1 amide bonds. The lowest BCUT2D eigenvalue weighted by atomic mass is 10.1. The number of rotatable bonds is 10. The van der Waals surface area contributed by atoms with Gasteiger partial charge in [-0.1, -0.05) is 23.7 Å². The van der Waals surface area contributed by atoms with Crippen molar-refractivity contribution in [1.82, 2.24) is 33.5 Å². The molecule has 2 aliphatic rings. The molecule has 3 aromatic heterocycles. The summed E-state index contributed by atoms with van der Waals surface area (Å²) in [6.07, 6.45) is 4.51.